The fourth-order valence-electron chi connectivity index (χ4n) is 2.18. The Morgan fingerprint density at radius 1 is 1.50 bits per heavy atom. The van der Waals surface area contributed by atoms with Gasteiger partial charge in [-0.05, 0) is 24.0 Å². The quantitative estimate of drug-likeness (QED) is 0.786. The minimum Gasteiger partial charge on any atom is -0.368 e. The highest BCUT2D eigenvalue weighted by atomic mass is 32.2. The third-order valence-corrected chi connectivity index (χ3v) is 3.97. The molecule has 1 aliphatic rings. The molecule has 1 atom stereocenters. The number of carbonyl (C=O) groups is 1. The lowest BCUT2D eigenvalue weighted by atomic mass is 10.1. The number of nitrogens with one attached hydrogen (secondary N) is 1. The van der Waals surface area contributed by atoms with Gasteiger partial charge in [0, 0.05) is 31.1 Å². The first-order valence-corrected chi connectivity index (χ1v) is 7.30. The summed E-state index contributed by atoms with van der Waals surface area (Å²) in [6.07, 6.45) is 2.06. The van der Waals surface area contributed by atoms with Gasteiger partial charge >= 0.3 is 0 Å². The SMILES string of the molecule is CSc1ccc(CN2CCNCC2C(N)=O)cc1. The van der Waals surface area contributed by atoms with E-state index in [4.69, 9.17) is 5.73 Å². The van der Waals surface area contributed by atoms with Gasteiger partial charge in [0.25, 0.3) is 0 Å². The fraction of sp³-hybridized carbons (Fsp3) is 0.462. The number of piperazine rings is 1. The summed E-state index contributed by atoms with van der Waals surface area (Å²) >= 11 is 1.73. The first kappa shape index (κ1) is 13.4. The molecule has 3 N–H and O–H groups in total. The summed E-state index contributed by atoms with van der Waals surface area (Å²) in [7, 11) is 0. The Morgan fingerprint density at radius 3 is 2.83 bits per heavy atom. The van der Waals surface area contributed by atoms with Gasteiger partial charge in [0.15, 0.2) is 0 Å². The van der Waals surface area contributed by atoms with Gasteiger partial charge in [-0.15, -0.1) is 11.8 Å². The third kappa shape index (κ3) is 3.25. The van der Waals surface area contributed by atoms with Crippen molar-refractivity contribution in [2.75, 3.05) is 25.9 Å². The number of amides is 1. The maximum Gasteiger partial charge on any atom is 0.236 e. The summed E-state index contributed by atoms with van der Waals surface area (Å²) in [5.41, 5.74) is 6.66. The minimum atomic E-state index is -0.247. The van der Waals surface area contributed by atoms with Crippen LogP contribution in [0.25, 0.3) is 0 Å². The van der Waals surface area contributed by atoms with E-state index in [1.807, 2.05) is 0 Å². The molecule has 1 aromatic carbocycles. The van der Waals surface area contributed by atoms with E-state index in [1.54, 1.807) is 11.8 Å². The number of carbonyl (C=O) groups excluding carboxylic acids is 1. The average Bonchev–Trinajstić information content (AvgIpc) is 2.40. The molecule has 1 aromatic rings. The molecule has 1 saturated heterocycles. The molecule has 18 heavy (non-hydrogen) atoms. The molecular weight excluding hydrogens is 246 g/mol. The second-order valence-electron chi connectivity index (χ2n) is 4.44. The van der Waals surface area contributed by atoms with Crippen molar-refractivity contribution in [2.45, 2.75) is 17.5 Å². The van der Waals surface area contributed by atoms with E-state index in [9.17, 15) is 4.79 Å². The summed E-state index contributed by atoms with van der Waals surface area (Å²) in [5.74, 6) is -0.247. The Labute approximate surface area is 112 Å². The normalized spacial score (nSPS) is 20.8. The number of rotatable bonds is 4. The van der Waals surface area contributed by atoms with Crippen LogP contribution in [0.2, 0.25) is 0 Å². The van der Waals surface area contributed by atoms with E-state index in [2.05, 4.69) is 40.7 Å². The van der Waals surface area contributed by atoms with Crippen LogP contribution in [0.1, 0.15) is 5.56 Å². The van der Waals surface area contributed by atoms with Gasteiger partial charge in [-0.25, -0.2) is 0 Å². The number of primary amides is 1. The maximum absolute atomic E-state index is 11.4. The highest BCUT2D eigenvalue weighted by Crippen LogP contribution is 2.17. The van der Waals surface area contributed by atoms with Gasteiger partial charge in [-0.1, -0.05) is 12.1 Å². The first-order valence-electron chi connectivity index (χ1n) is 6.07. The van der Waals surface area contributed by atoms with Gasteiger partial charge in [0.1, 0.15) is 6.04 Å². The molecule has 0 bridgehead atoms. The average molecular weight is 265 g/mol. The highest BCUT2D eigenvalue weighted by Gasteiger charge is 2.26. The summed E-state index contributed by atoms with van der Waals surface area (Å²) in [6.45, 7) is 3.20. The molecule has 1 heterocycles. The fourth-order valence-corrected chi connectivity index (χ4v) is 2.59. The Hall–Kier alpha value is -1.04. The maximum atomic E-state index is 11.4. The smallest absolute Gasteiger partial charge is 0.236 e. The molecule has 5 heteroatoms. The summed E-state index contributed by atoms with van der Waals surface area (Å²) in [6, 6.07) is 8.26. The highest BCUT2D eigenvalue weighted by molar-refractivity contribution is 7.98. The summed E-state index contributed by atoms with van der Waals surface area (Å²) in [5, 5.41) is 3.20. The van der Waals surface area contributed by atoms with Gasteiger partial charge in [0.2, 0.25) is 5.91 Å². The largest absolute Gasteiger partial charge is 0.368 e. The van der Waals surface area contributed by atoms with Crippen LogP contribution in [-0.4, -0.2) is 42.7 Å². The molecule has 98 valence electrons. The Bertz CT molecular complexity index is 407. The minimum absolute atomic E-state index is 0.195. The van der Waals surface area contributed by atoms with Crippen molar-refractivity contribution in [1.29, 1.82) is 0 Å². The van der Waals surface area contributed by atoms with Crippen molar-refractivity contribution in [3.8, 4) is 0 Å². The molecule has 0 aromatic heterocycles. The van der Waals surface area contributed by atoms with E-state index in [-0.39, 0.29) is 11.9 Å². The number of benzene rings is 1. The van der Waals surface area contributed by atoms with Crippen molar-refractivity contribution >= 4 is 17.7 Å². The predicted molar refractivity (Wildman–Crippen MR) is 74.5 cm³/mol. The molecule has 0 spiro atoms. The Morgan fingerprint density at radius 2 is 2.22 bits per heavy atom. The lowest BCUT2D eigenvalue weighted by Crippen LogP contribution is -2.56. The molecule has 4 nitrogen and oxygen atoms in total. The van der Waals surface area contributed by atoms with E-state index >= 15 is 0 Å². The molecule has 0 saturated carbocycles. The molecule has 1 unspecified atom stereocenters. The van der Waals surface area contributed by atoms with Crippen molar-refractivity contribution in [3.05, 3.63) is 29.8 Å². The lowest BCUT2D eigenvalue weighted by molar-refractivity contribution is -0.124. The van der Waals surface area contributed by atoms with E-state index < -0.39 is 0 Å². The number of hydrogen-bond acceptors (Lipinski definition) is 4. The number of nitrogens with two attached hydrogens (primary N) is 1. The van der Waals surface area contributed by atoms with Crippen LogP contribution in [-0.2, 0) is 11.3 Å². The summed E-state index contributed by atoms with van der Waals surface area (Å²) in [4.78, 5) is 14.8. The van der Waals surface area contributed by atoms with Crippen LogP contribution in [0.15, 0.2) is 29.2 Å². The van der Waals surface area contributed by atoms with Crippen molar-refractivity contribution < 1.29 is 4.79 Å². The van der Waals surface area contributed by atoms with Crippen LogP contribution >= 0.6 is 11.8 Å². The Kier molecular flexibility index (Phi) is 4.63. The number of thioether (sulfide) groups is 1. The van der Waals surface area contributed by atoms with Crippen LogP contribution in [0.3, 0.4) is 0 Å². The zero-order chi connectivity index (χ0) is 13.0. The van der Waals surface area contributed by atoms with E-state index in [0.717, 1.165) is 19.6 Å². The van der Waals surface area contributed by atoms with Gasteiger partial charge in [-0.3, -0.25) is 9.69 Å². The molecule has 1 fully saturated rings. The molecule has 1 amide bonds. The monoisotopic (exact) mass is 265 g/mol. The van der Waals surface area contributed by atoms with Crippen LogP contribution in [0, 0.1) is 0 Å². The molecule has 2 rings (SSSR count). The van der Waals surface area contributed by atoms with Crippen LogP contribution in [0.5, 0.6) is 0 Å². The summed E-state index contributed by atoms with van der Waals surface area (Å²) < 4.78 is 0. The zero-order valence-electron chi connectivity index (χ0n) is 10.6. The van der Waals surface area contributed by atoms with E-state index in [1.165, 1.54) is 10.5 Å². The number of hydrogen-bond donors (Lipinski definition) is 2. The molecule has 1 aliphatic heterocycles. The van der Waals surface area contributed by atoms with Gasteiger partial charge in [-0.2, -0.15) is 0 Å². The third-order valence-electron chi connectivity index (χ3n) is 3.23. The second-order valence-corrected chi connectivity index (χ2v) is 5.32. The molecule has 0 radical (unpaired) electrons. The van der Waals surface area contributed by atoms with Crippen LogP contribution < -0.4 is 11.1 Å². The molecular formula is C13H19N3OS. The first-order chi connectivity index (χ1) is 8.70. The molecule has 0 aliphatic carbocycles. The van der Waals surface area contributed by atoms with Crippen molar-refractivity contribution in [1.82, 2.24) is 10.2 Å². The van der Waals surface area contributed by atoms with Crippen molar-refractivity contribution in [2.24, 2.45) is 5.73 Å². The lowest BCUT2D eigenvalue weighted by Gasteiger charge is -2.34. The topological polar surface area (TPSA) is 58.4 Å². The second kappa shape index (κ2) is 6.22. The van der Waals surface area contributed by atoms with Crippen LogP contribution in [0.4, 0.5) is 0 Å². The standard InChI is InChI=1S/C13H19N3OS/c1-18-11-4-2-10(3-5-11)9-16-7-6-15-8-12(16)13(14)17/h2-5,12,15H,6-9H2,1H3,(H2,14,17). The number of nitrogens with zero attached hydrogens (tertiary/aromatic N) is 1. The zero-order valence-corrected chi connectivity index (χ0v) is 11.4. The van der Waals surface area contributed by atoms with Gasteiger partial charge < -0.3 is 11.1 Å². The van der Waals surface area contributed by atoms with Crippen molar-refractivity contribution in [3.63, 3.8) is 0 Å². The predicted octanol–water partition coefficient (Wildman–Crippen LogP) is 0.668. The van der Waals surface area contributed by atoms with Gasteiger partial charge in [0.05, 0.1) is 0 Å². The van der Waals surface area contributed by atoms with E-state index in [0.29, 0.717) is 6.54 Å². The Balaban J connectivity index is 2.03.